The van der Waals surface area contributed by atoms with Gasteiger partial charge in [0, 0.05) is 21.4 Å². The summed E-state index contributed by atoms with van der Waals surface area (Å²) < 4.78 is 1.04. The maximum absolute atomic E-state index is 4.79. The maximum atomic E-state index is 4.79. The number of aryl methyl sites for hydroxylation is 1. The number of allylic oxidation sites excluding steroid dienone is 1. The van der Waals surface area contributed by atoms with Crippen molar-refractivity contribution in [3.05, 3.63) is 82.2 Å². The van der Waals surface area contributed by atoms with E-state index in [-0.39, 0.29) is 0 Å². The minimum absolute atomic E-state index is 0.785. The first-order chi connectivity index (χ1) is 12.1. The molecule has 0 atom stereocenters. The molecule has 126 valence electrons. The van der Waals surface area contributed by atoms with Crippen LogP contribution in [0.1, 0.15) is 30.9 Å². The number of hydrogen-bond donors (Lipinski definition) is 1. The Morgan fingerprint density at radius 3 is 2.56 bits per heavy atom. The number of aromatic amines is 1. The SMILES string of the molecule is C/C=C(\N=C(/C)c1cccc(Br)c1)c1nc(-c2ccccc2)c(C)[nH]1. The van der Waals surface area contributed by atoms with Gasteiger partial charge in [-0.1, -0.05) is 64.5 Å². The van der Waals surface area contributed by atoms with E-state index < -0.39 is 0 Å². The van der Waals surface area contributed by atoms with Crippen molar-refractivity contribution in [3.8, 4) is 11.3 Å². The highest BCUT2D eigenvalue weighted by atomic mass is 79.9. The van der Waals surface area contributed by atoms with Crippen LogP contribution in [-0.2, 0) is 0 Å². The zero-order valence-electron chi connectivity index (χ0n) is 14.5. The summed E-state index contributed by atoms with van der Waals surface area (Å²) >= 11 is 3.51. The van der Waals surface area contributed by atoms with Crippen LogP contribution in [0.15, 0.2) is 70.1 Å². The molecule has 0 saturated heterocycles. The second-order valence-electron chi connectivity index (χ2n) is 5.81. The summed E-state index contributed by atoms with van der Waals surface area (Å²) in [5.74, 6) is 0.785. The predicted octanol–water partition coefficient (Wildman–Crippen LogP) is 6.02. The summed E-state index contributed by atoms with van der Waals surface area (Å²) in [5, 5.41) is 0. The second kappa shape index (κ2) is 7.62. The van der Waals surface area contributed by atoms with Crippen molar-refractivity contribution in [3.63, 3.8) is 0 Å². The van der Waals surface area contributed by atoms with Crippen molar-refractivity contribution in [2.75, 3.05) is 0 Å². The van der Waals surface area contributed by atoms with Gasteiger partial charge in [0.2, 0.25) is 0 Å². The fraction of sp³-hybridized carbons (Fsp3) is 0.143. The zero-order chi connectivity index (χ0) is 17.8. The van der Waals surface area contributed by atoms with Gasteiger partial charge in [0.15, 0.2) is 5.82 Å². The molecule has 2 aromatic carbocycles. The number of nitrogens with zero attached hydrogens (tertiary/aromatic N) is 2. The van der Waals surface area contributed by atoms with Crippen molar-refractivity contribution in [1.29, 1.82) is 0 Å². The van der Waals surface area contributed by atoms with Crippen molar-refractivity contribution in [1.82, 2.24) is 9.97 Å². The van der Waals surface area contributed by atoms with Crippen LogP contribution < -0.4 is 0 Å². The summed E-state index contributed by atoms with van der Waals surface area (Å²) in [6, 6.07) is 18.3. The molecule has 0 fully saturated rings. The van der Waals surface area contributed by atoms with Crippen LogP contribution >= 0.6 is 15.9 Å². The van der Waals surface area contributed by atoms with Crippen LogP contribution in [-0.4, -0.2) is 15.7 Å². The molecule has 0 aliphatic carbocycles. The molecule has 0 bridgehead atoms. The molecule has 3 aromatic rings. The van der Waals surface area contributed by atoms with Crippen LogP contribution in [0.2, 0.25) is 0 Å². The Morgan fingerprint density at radius 1 is 1.12 bits per heavy atom. The number of halogens is 1. The molecule has 1 heterocycles. The van der Waals surface area contributed by atoms with E-state index in [1.54, 1.807) is 0 Å². The second-order valence-corrected chi connectivity index (χ2v) is 6.72. The highest BCUT2D eigenvalue weighted by Gasteiger charge is 2.12. The molecule has 0 aliphatic heterocycles. The van der Waals surface area contributed by atoms with Gasteiger partial charge in [-0.3, -0.25) is 0 Å². The first-order valence-corrected chi connectivity index (χ1v) is 8.97. The Morgan fingerprint density at radius 2 is 1.88 bits per heavy atom. The molecule has 1 N–H and O–H groups in total. The topological polar surface area (TPSA) is 41.0 Å². The Balaban J connectivity index is 1.96. The van der Waals surface area contributed by atoms with Crippen molar-refractivity contribution in [2.45, 2.75) is 20.8 Å². The van der Waals surface area contributed by atoms with Gasteiger partial charge in [0.25, 0.3) is 0 Å². The standard InChI is InChI=1S/C21H20BrN3/c1-4-19(23-14(2)17-11-8-12-18(22)13-17)21-24-15(3)20(25-21)16-9-6-5-7-10-16/h4-13H,1-3H3,(H,24,25)/b19-4-,23-14+. The van der Waals surface area contributed by atoms with Gasteiger partial charge in [0.05, 0.1) is 5.69 Å². The lowest BCUT2D eigenvalue weighted by Crippen LogP contribution is -1.96. The highest BCUT2D eigenvalue weighted by Crippen LogP contribution is 2.24. The Labute approximate surface area is 156 Å². The maximum Gasteiger partial charge on any atom is 0.156 e. The molecule has 0 aliphatic rings. The van der Waals surface area contributed by atoms with E-state index in [0.29, 0.717) is 0 Å². The molecular weight excluding hydrogens is 374 g/mol. The van der Waals surface area contributed by atoms with Gasteiger partial charge in [-0.2, -0.15) is 0 Å². The summed E-state index contributed by atoms with van der Waals surface area (Å²) in [4.78, 5) is 12.9. The molecule has 4 heteroatoms. The van der Waals surface area contributed by atoms with Gasteiger partial charge < -0.3 is 4.98 Å². The lowest BCUT2D eigenvalue weighted by atomic mass is 10.1. The molecular formula is C21H20BrN3. The van der Waals surface area contributed by atoms with Crippen LogP contribution in [0.5, 0.6) is 0 Å². The molecule has 0 saturated carbocycles. The molecule has 0 spiro atoms. The van der Waals surface area contributed by atoms with E-state index in [1.807, 2.05) is 57.2 Å². The summed E-state index contributed by atoms with van der Waals surface area (Å²) in [7, 11) is 0. The third-order valence-corrected chi connectivity index (χ3v) is 4.47. The van der Waals surface area contributed by atoms with E-state index in [2.05, 4.69) is 45.2 Å². The smallest absolute Gasteiger partial charge is 0.156 e. The van der Waals surface area contributed by atoms with Gasteiger partial charge in [-0.05, 0) is 38.5 Å². The average molecular weight is 394 g/mol. The predicted molar refractivity (Wildman–Crippen MR) is 109 cm³/mol. The third-order valence-electron chi connectivity index (χ3n) is 3.98. The van der Waals surface area contributed by atoms with E-state index >= 15 is 0 Å². The third kappa shape index (κ3) is 3.97. The molecule has 3 nitrogen and oxygen atoms in total. The van der Waals surface area contributed by atoms with Crippen LogP contribution in [0.4, 0.5) is 0 Å². The molecule has 0 radical (unpaired) electrons. The van der Waals surface area contributed by atoms with Crippen LogP contribution in [0.25, 0.3) is 17.0 Å². The van der Waals surface area contributed by atoms with E-state index in [4.69, 9.17) is 9.98 Å². The first kappa shape index (κ1) is 17.4. The molecule has 25 heavy (non-hydrogen) atoms. The molecule has 0 unspecified atom stereocenters. The molecule has 1 aromatic heterocycles. The highest BCUT2D eigenvalue weighted by molar-refractivity contribution is 9.10. The minimum atomic E-state index is 0.785. The fourth-order valence-corrected chi connectivity index (χ4v) is 3.07. The monoisotopic (exact) mass is 393 g/mol. The minimum Gasteiger partial charge on any atom is -0.340 e. The number of imidazole rings is 1. The largest absolute Gasteiger partial charge is 0.340 e. The van der Waals surface area contributed by atoms with Crippen molar-refractivity contribution < 1.29 is 0 Å². The number of hydrogen-bond acceptors (Lipinski definition) is 2. The van der Waals surface area contributed by atoms with Gasteiger partial charge >= 0.3 is 0 Å². The average Bonchev–Trinajstić information content (AvgIpc) is 3.01. The van der Waals surface area contributed by atoms with Crippen molar-refractivity contribution >= 4 is 27.3 Å². The number of H-pyrrole nitrogens is 1. The van der Waals surface area contributed by atoms with Crippen molar-refractivity contribution in [2.24, 2.45) is 4.99 Å². The van der Waals surface area contributed by atoms with E-state index in [0.717, 1.165) is 44.2 Å². The normalized spacial score (nSPS) is 12.5. The fourth-order valence-electron chi connectivity index (χ4n) is 2.67. The van der Waals surface area contributed by atoms with Gasteiger partial charge in [0.1, 0.15) is 5.70 Å². The van der Waals surface area contributed by atoms with Crippen LogP contribution in [0.3, 0.4) is 0 Å². The number of benzene rings is 2. The number of aliphatic imine (C=N–C) groups is 1. The zero-order valence-corrected chi connectivity index (χ0v) is 16.1. The van der Waals surface area contributed by atoms with E-state index in [1.165, 1.54) is 0 Å². The van der Waals surface area contributed by atoms with Gasteiger partial charge in [-0.15, -0.1) is 0 Å². The number of nitrogens with one attached hydrogen (secondary N) is 1. The van der Waals surface area contributed by atoms with E-state index in [9.17, 15) is 0 Å². The van der Waals surface area contributed by atoms with Crippen LogP contribution in [0, 0.1) is 6.92 Å². The number of aromatic nitrogens is 2. The Bertz CT molecular complexity index is 937. The summed E-state index contributed by atoms with van der Waals surface area (Å²) in [6.45, 7) is 6.03. The summed E-state index contributed by atoms with van der Waals surface area (Å²) in [5.41, 5.74) is 5.97. The Hall–Kier alpha value is -2.46. The number of rotatable bonds is 4. The molecule has 0 amide bonds. The molecule has 3 rings (SSSR count). The quantitative estimate of drug-likeness (QED) is 0.541. The lowest BCUT2D eigenvalue weighted by Gasteiger charge is -2.03. The lowest BCUT2D eigenvalue weighted by molar-refractivity contribution is 1.18. The summed E-state index contributed by atoms with van der Waals surface area (Å²) in [6.07, 6.45) is 1.98. The Kier molecular flexibility index (Phi) is 5.29. The van der Waals surface area contributed by atoms with Gasteiger partial charge in [-0.25, -0.2) is 9.98 Å². The first-order valence-electron chi connectivity index (χ1n) is 8.18.